The number of hydrogen-bond donors (Lipinski definition) is 1. The Labute approximate surface area is 51.1 Å². The highest BCUT2D eigenvalue weighted by atomic mass is 31.1. The Bertz CT molecular complexity index is 92.4. The van der Waals surface area contributed by atoms with Crippen molar-refractivity contribution >= 4 is 14.2 Å². The molecule has 0 bridgehead atoms. The van der Waals surface area contributed by atoms with Crippen molar-refractivity contribution in [2.45, 2.75) is 0 Å². The van der Waals surface area contributed by atoms with E-state index in [9.17, 15) is 4.79 Å². The summed E-state index contributed by atoms with van der Waals surface area (Å²) in [5.74, 6) is 0. The maximum atomic E-state index is 10.4. The quantitative estimate of drug-likeness (QED) is 0.452. The van der Waals surface area contributed by atoms with Gasteiger partial charge < -0.3 is 5.32 Å². The molecular formula is C5H10NOP. The largest absolute Gasteiger partial charge is 0.349 e. The van der Waals surface area contributed by atoms with Gasteiger partial charge in [0.05, 0.1) is 0 Å². The molecule has 0 aliphatic heterocycles. The molecule has 1 amide bonds. The number of hydrogen-bond acceptors (Lipinski definition) is 1. The zero-order valence-electron chi connectivity index (χ0n) is 4.90. The fraction of sp³-hybridized carbons (Fsp3) is 0.400. The monoisotopic (exact) mass is 131 g/mol. The molecule has 0 fully saturated rings. The van der Waals surface area contributed by atoms with Crippen molar-refractivity contribution in [3.05, 3.63) is 12.7 Å². The lowest BCUT2D eigenvalue weighted by Gasteiger charge is -1.94. The molecule has 1 atom stereocenters. The van der Waals surface area contributed by atoms with Crippen molar-refractivity contribution in [2.75, 3.05) is 13.2 Å². The first-order chi connectivity index (χ1) is 3.81. The zero-order chi connectivity index (χ0) is 6.41. The topological polar surface area (TPSA) is 29.1 Å². The van der Waals surface area contributed by atoms with Crippen molar-refractivity contribution in [3.63, 3.8) is 0 Å². The third-order valence-electron chi connectivity index (χ3n) is 0.634. The van der Waals surface area contributed by atoms with Gasteiger partial charge in [0, 0.05) is 6.54 Å². The Kier molecular flexibility index (Phi) is 4.58. The fourth-order valence-electron chi connectivity index (χ4n) is 0.253. The van der Waals surface area contributed by atoms with Gasteiger partial charge in [0.15, 0.2) is 0 Å². The van der Waals surface area contributed by atoms with Crippen LogP contribution in [0.15, 0.2) is 12.7 Å². The van der Waals surface area contributed by atoms with Gasteiger partial charge in [-0.25, -0.2) is 0 Å². The van der Waals surface area contributed by atoms with E-state index in [2.05, 4.69) is 11.9 Å². The Morgan fingerprint density at radius 1 is 2.00 bits per heavy atom. The summed E-state index contributed by atoms with van der Waals surface area (Å²) in [5, 5.41) is 2.64. The summed E-state index contributed by atoms with van der Waals surface area (Å²) in [6.45, 7) is 5.88. The second-order valence-corrected chi connectivity index (χ2v) is 2.20. The lowest BCUT2D eigenvalue weighted by molar-refractivity contribution is 0.261. The van der Waals surface area contributed by atoms with Crippen molar-refractivity contribution in [1.29, 1.82) is 0 Å². The molecule has 0 aromatic carbocycles. The summed E-state index contributed by atoms with van der Waals surface area (Å²) in [6.07, 6.45) is 1.66. The normalized spacial score (nSPS) is 9.62. The van der Waals surface area contributed by atoms with Gasteiger partial charge in [0.25, 0.3) is 0 Å². The molecule has 0 aromatic rings. The van der Waals surface area contributed by atoms with Crippen LogP contribution in [0.25, 0.3) is 0 Å². The highest BCUT2D eigenvalue weighted by Crippen LogP contribution is 2.00. The second-order valence-electron chi connectivity index (χ2n) is 1.25. The average Bonchev–Trinajstić information content (AvgIpc) is 1.83. The Morgan fingerprint density at radius 2 is 2.62 bits per heavy atom. The molecule has 3 heteroatoms. The number of carbonyl (C=O) groups excluding carboxylic acids is 1. The number of nitrogens with one attached hydrogen (secondary N) is 1. The van der Waals surface area contributed by atoms with Crippen LogP contribution in [0.4, 0.5) is 4.79 Å². The van der Waals surface area contributed by atoms with Gasteiger partial charge in [0.2, 0.25) is 5.65 Å². The van der Waals surface area contributed by atoms with E-state index in [1.165, 1.54) is 0 Å². The van der Waals surface area contributed by atoms with E-state index < -0.39 is 0 Å². The molecule has 0 spiro atoms. The van der Waals surface area contributed by atoms with Crippen molar-refractivity contribution < 1.29 is 4.79 Å². The van der Waals surface area contributed by atoms with E-state index >= 15 is 0 Å². The van der Waals surface area contributed by atoms with Gasteiger partial charge in [-0.15, -0.1) is 6.58 Å². The minimum Gasteiger partial charge on any atom is -0.349 e. The average molecular weight is 131 g/mol. The highest BCUT2D eigenvalue weighted by Gasteiger charge is 1.89. The molecule has 0 saturated heterocycles. The van der Waals surface area contributed by atoms with Gasteiger partial charge in [-0.05, 0) is 15.2 Å². The van der Waals surface area contributed by atoms with Crippen LogP contribution in [-0.2, 0) is 0 Å². The lowest BCUT2D eigenvalue weighted by atomic mass is 10.6. The Morgan fingerprint density at radius 3 is 3.00 bits per heavy atom. The Hall–Kier alpha value is -0.360. The van der Waals surface area contributed by atoms with E-state index in [0.717, 1.165) is 0 Å². The maximum absolute atomic E-state index is 10.4. The summed E-state index contributed by atoms with van der Waals surface area (Å²) in [4.78, 5) is 10.4. The molecule has 46 valence electrons. The van der Waals surface area contributed by atoms with Crippen molar-refractivity contribution in [3.8, 4) is 0 Å². The predicted octanol–water partition coefficient (Wildman–Crippen LogP) is 1.19. The molecule has 0 aromatic heterocycles. The fourth-order valence-corrected chi connectivity index (χ4v) is 0.532. The third kappa shape index (κ3) is 3.82. The van der Waals surface area contributed by atoms with Crippen LogP contribution < -0.4 is 5.32 Å². The molecule has 0 heterocycles. The molecule has 8 heavy (non-hydrogen) atoms. The summed E-state index contributed by atoms with van der Waals surface area (Å²) in [7, 11) is 0.344. The minimum absolute atomic E-state index is 0.102. The summed E-state index contributed by atoms with van der Waals surface area (Å²) in [6, 6.07) is 0. The first-order valence-corrected chi connectivity index (χ1v) is 3.87. The van der Waals surface area contributed by atoms with Crippen LogP contribution in [0, 0.1) is 0 Å². The Balaban J connectivity index is 3.11. The van der Waals surface area contributed by atoms with E-state index in [0.29, 0.717) is 15.1 Å². The van der Waals surface area contributed by atoms with Crippen LogP contribution in [0.3, 0.4) is 0 Å². The smallest absolute Gasteiger partial charge is 0.237 e. The van der Waals surface area contributed by atoms with E-state index in [4.69, 9.17) is 0 Å². The van der Waals surface area contributed by atoms with Gasteiger partial charge in [-0.1, -0.05) is 6.08 Å². The van der Waals surface area contributed by atoms with Crippen LogP contribution in [0.5, 0.6) is 0 Å². The minimum atomic E-state index is 0.102. The predicted molar refractivity (Wildman–Crippen MR) is 37.8 cm³/mol. The van der Waals surface area contributed by atoms with E-state index in [1.807, 2.05) is 6.66 Å². The van der Waals surface area contributed by atoms with Gasteiger partial charge >= 0.3 is 0 Å². The first-order valence-electron chi connectivity index (χ1n) is 2.37. The standard InChI is InChI=1S/C5H10NOP/c1-3-4-6-5(7)8-2/h3,8H,1,4H2,2H3,(H,6,7). The van der Waals surface area contributed by atoms with Gasteiger partial charge in [-0.2, -0.15) is 0 Å². The molecule has 0 aliphatic carbocycles. The first kappa shape index (κ1) is 7.64. The summed E-state index contributed by atoms with van der Waals surface area (Å²) >= 11 is 0. The lowest BCUT2D eigenvalue weighted by Crippen LogP contribution is -2.16. The summed E-state index contributed by atoms with van der Waals surface area (Å²) < 4.78 is 0. The molecule has 0 rings (SSSR count). The van der Waals surface area contributed by atoms with Crippen LogP contribution in [-0.4, -0.2) is 18.9 Å². The molecule has 0 saturated carbocycles. The van der Waals surface area contributed by atoms with Crippen molar-refractivity contribution in [1.82, 2.24) is 5.32 Å². The van der Waals surface area contributed by atoms with Gasteiger partial charge in [0.1, 0.15) is 0 Å². The maximum Gasteiger partial charge on any atom is 0.237 e. The summed E-state index contributed by atoms with van der Waals surface area (Å²) in [5.41, 5.74) is 0.102. The zero-order valence-corrected chi connectivity index (χ0v) is 5.90. The van der Waals surface area contributed by atoms with E-state index in [-0.39, 0.29) is 5.65 Å². The SMILES string of the molecule is C=CCNC(=O)PC. The molecule has 0 aliphatic rings. The highest BCUT2D eigenvalue weighted by molar-refractivity contribution is 7.56. The van der Waals surface area contributed by atoms with Crippen LogP contribution in [0.2, 0.25) is 0 Å². The number of amides is 1. The molecule has 1 unspecified atom stereocenters. The van der Waals surface area contributed by atoms with Crippen LogP contribution >= 0.6 is 8.58 Å². The van der Waals surface area contributed by atoms with Crippen LogP contribution in [0.1, 0.15) is 0 Å². The number of rotatable bonds is 3. The van der Waals surface area contributed by atoms with Gasteiger partial charge in [-0.3, -0.25) is 4.79 Å². The molecule has 2 nitrogen and oxygen atoms in total. The molecule has 0 radical (unpaired) electrons. The van der Waals surface area contributed by atoms with Crippen molar-refractivity contribution in [2.24, 2.45) is 0 Å². The van der Waals surface area contributed by atoms with E-state index in [1.54, 1.807) is 6.08 Å². The molecule has 1 N–H and O–H groups in total. The third-order valence-corrected chi connectivity index (χ3v) is 1.26. The molecular weight excluding hydrogens is 121 g/mol. The number of carbonyl (C=O) groups is 1. The second kappa shape index (κ2) is 4.79.